The van der Waals surface area contributed by atoms with E-state index in [4.69, 9.17) is 9.88 Å². The van der Waals surface area contributed by atoms with Gasteiger partial charge in [0.05, 0.1) is 16.1 Å². The van der Waals surface area contributed by atoms with Crippen LogP contribution in [0.1, 0.15) is 15.9 Å². The second-order valence-electron chi connectivity index (χ2n) is 6.34. The molecule has 27 heavy (non-hydrogen) atoms. The van der Waals surface area contributed by atoms with Crippen LogP contribution in [-0.2, 0) is 10.0 Å². The number of carbonyl (C=O) groups excluding carboxylic acids is 1. The van der Waals surface area contributed by atoms with Gasteiger partial charge < -0.3 is 10.1 Å². The number of benzene rings is 3. The van der Waals surface area contributed by atoms with Gasteiger partial charge in [0.15, 0.2) is 5.75 Å². The standard InChI is InChI=1S/C20H16N2O4S/c1-12-5-7-19-17(9-12)22-20(23)16-11-14(6-8-18(16)26-19)13-3-2-4-15(10-13)27(21,24)25/h2-11H,1H3,(H,22,23)(H2,21,24,25). The number of fused-ring (bicyclic) bond motifs is 2. The Bertz CT molecular complexity index is 1190. The number of primary sulfonamides is 1. The van der Waals surface area contributed by atoms with E-state index in [0.717, 1.165) is 5.56 Å². The summed E-state index contributed by atoms with van der Waals surface area (Å²) in [6.45, 7) is 1.93. The fourth-order valence-electron chi connectivity index (χ4n) is 2.97. The van der Waals surface area contributed by atoms with Crippen LogP contribution >= 0.6 is 0 Å². The van der Waals surface area contributed by atoms with Crippen molar-refractivity contribution in [2.45, 2.75) is 11.8 Å². The molecule has 6 nitrogen and oxygen atoms in total. The zero-order valence-electron chi connectivity index (χ0n) is 14.4. The van der Waals surface area contributed by atoms with Gasteiger partial charge in [-0.3, -0.25) is 4.79 Å². The predicted molar refractivity (Wildman–Crippen MR) is 102 cm³/mol. The molecule has 0 aliphatic carbocycles. The molecule has 0 fully saturated rings. The molecule has 4 rings (SSSR count). The predicted octanol–water partition coefficient (Wildman–Crippen LogP) is 3.67. The van der Waals surface area contributed by atoms with Crippen molar-refractivity contribution >= 4 is 21.6 Å². The fraction of sp³-hybridized carbons (Fsp3) is 0.0500. The first-order valence-electron chi connectivity index (χ1n) is 8.18. The van der Waals surface area contributed by atoms with Crippen LogP contribution in [-0.4, -0.2) is 14.3 Å². The van der Waals surface area contributed by atoms with Crippen LogP contribution in [0.2, 0.25) is 0 Å². The van der Waals surface area contributed by atoms with Gasteiger partial charge in [-0.1, -0.05) is 24.3 Å². The molecule has 0 radical (unpaired) electrons. The van der Waals surface area contributed by atoms with Crippen LogP contribution in [0.15, 0.2) is 65.6 Å². The van der Waals surface area contributed by atoms with E-state index in [1.54, 1.807) is 30.3 Å². The molecule has 1 amide bonds. The smallest absolute Gasteiger partial charge is 0.259 e. The highest BCUT2D eigenvalue weighted by Gasteiger charge is 2.21. The minimum atomic E-state index is -3.81. The van der Waals surface area contributed by atoms with Crippen molar-refractivity contribution in [1.29, 1.82) is 0 Å². The number of nitrogens with one attached hydrogen (secondary N) is 1. The average molecular weight is 380 g/mol. The number of amides is 1. The van der Waals surface area contributed by atoms with Crippen molar-refractivity contribution in [2.24, 2.45) is 5.14 Å². The maximum atomic E-state index is 12.7. The van der Waals surface area contributed by atoms with Gasteiger partial charge in [0.25, 0.3) is 5.91 Å². The van der Waals surface area contributed by atoms with Gasteiger partial charge >= 0.3 is 0 Å². The van der Waals surface area contributed by atoms with Crippen molar-refractivity contribution in [1.82, 2.24) is 0 Å². The van der Waals surface area contributed by atoms with Crippen LogP contribution in [0.5, 0.6) is 11.5 Å². The summed E-state index contributed by atoms with van der Waals surface area (Å²) in [6, 6.07) is 17.0. The number of carbonyl (C=O) groups is 1. The molecular formula is C20H16N2O4S. The van der Waals surface area contributed by atoms with E-state index in [0.29, 0.717) is 33.9 Å². The maximum absolute atomic E-state index is 12.7. The molecule has 0 aromatic heterocycles. The lowest BCUT2D eigenvalue weighted by Crippen LogP contribution is -2.12. The zero-order chi connectivity index (χ0) is 19.2. The quantitative estimate of drug-likeness (QED) is 0.709. The van der Waals surface area contributed by atoms with Crippen molar-refractivity contribution in [3.05, 3.63) is 71.8 Å². The number of sulfonamides is 1. The monoisotopic (exact) mass is 380 g/mol. The second-order valence-corrected chi connectivity index (χ2v) is 7.90. The second kappa shape index (κ2) is 6.22. The minimum absolute atomic E-state index is 0.0125. The molecule has 1 heterocycles. The average Bonchev–Trinajstić information content (AvgIpc) is 2.76. The van der Waals surface area contributed by atoms with E-state index < -0.39 is 10.0 Å². The van der Waals surface area contributed by atoms with Gasteiger partial charge in [0.2, 0.25) is 10.0 Å². The molecule has 7 heteroatoms. The number of anilines is 1. The molecule has 0 spiro atoms. The molecule has 1 aliphatic heterocycles. The van der Waals surface area contributed by atoms with E-state index >= 15 is 0 Å². The lowest BCUT2D eigenvalue weighted by Gasteiger charge is -2.10. The maximum Gasteiger partial charge on any atom is 0.259 e. The van der Waals surface area contributed by atoms with E-state index in [2.05, 4.69) is 5.32 Å². The largest absolute Gasteiger partial charge is 0.454 e. The van der Waals surface area contributed by atoms with Gasteiger partial charge in [-0.05, 0) is 60.0 Å². The number of ether oxygens (including phenoxy) is 1. The Kier molecular flexibility index (Phi) is 3.98. The van der Waals surface area contributed by atoms with Gasteiger partial charge in [-0.25, -0.2) is 13.6 Å². The third-order valence-corrected chi connectivity index (χ3v) is 5.23. The molecule has 0 saturated carbocycles. The highest BCUT2D eigenvalue weighted by molar-refractivity contribution is 7.89. The Morgan fingerprint density at radius 1 is 0.926 bits per heavy atom. The lowest BCUT2D eigenvalue weighted by molar-refractivity contribution is 0.102. The number of aryl methyl sites for hydroxylation is 1. The topological polar surface area (TPSA) is 98.5 Å². The highest BCUT2D eigenvalue weighted by atomic mass is 32.2. The summed E-state index contributed by atoms with van der Waals surface area (Å²) in [5, 5.41) is 8.06. The Morgan fingerprint density at radius 3 is 2.44 bits per heavy atom. The number of hydrogen-bond donors (Lipinski definition) is 2. The highest BCUT2D eigenvalue weighted by Crippen LogP contribution is 2.37. The van der Waals surface area contributed by atoms with Crippen molar-refractivity contribution in [3.8, 4) is 22.6 Å². The molecule has 0 bridgehead atoms. The van der Waals surface area contributed by atoms with Crippen molar-refractivity contribution in [3.63, 3.8) is 0 Å². The Hall–Kier alpha value is -3.16. The summed E-state index contributed by atoms with van der Waals surface area (Å²) in [5.41, 5.74) is 3.29. The van der Waals surface area contributed by atoms with Crippen LogP contribution < -0.4 is 15.2 Å². The molecule has 3 N–H and O–H groups in total. The molecular weight excluding hydrogens is 364 g/mol. The third-order valence-electron chi connectivity index (χ3n) is 4.32. The first kappa shape index (κ1) is 17.3. The molecule has 1 aliphatic rings. The van der Waals surface area contributed by atoms with Crippen LogP contribution in [0.25, 0.3) is 11.1 Å². The first-order chi connectivity index (χ1) is 12.8. The van der Waals surface area contributed by atoms with Gasteiger partial charge in [0.1, 0.15) is 5.75 Å². The summed E-state index contributed by atoms with van der Waals surface area (Å²) >= 11 is 0. The number of rotatable bonds is 2. The Labute approximate surface area is 156 Å². The van der Waals surface area contributed by atoms with E-state index in [9.17, 15) is 13.2 Å². The summed E-state index contributed by atoms with van der Waals surface area (Å²) < 4.78 is 29.1. The Morgan fingerprint density at radius 2 is 1.67 bits per heavy atom. The zero-order valence-corrected chi connectivity index (χ0v) is 15.2. The van der Waals surface area contributed by atoms with E-state index in [1.807, 2.05) is 25.1 Å². The number of hydrogen-bond acceptors (Lipinski definition) is 4. The van der Waals surface area contributed by atoms with Gasteiger partial charge in [-0.15, -0.1) is 0 Å². The lowest BCUT2D eigenvalue weighted by atomic mass is 10.0. The van der Waals surface area contributed by atoms with Crippen LogP contribution in [0, 0.1) is 6.92 Å². The van der Waals surface area contributed by atoms with Gasteiger partial charge in [-0.2, -0.15) is 0 Å². The molecule has 0 unspecified atom stereocenters. The van der Waals surface area contributed by atoms with Crippen LogP contribution in [0.4, 0.5) is 5.69 Å². The normalized spacial score (nSPS) is 13.0. The van der Waals surface area contributed by atoms with E-state index in [-0.39, 0.29) is 10.8 Å². The summed E-state index contributed by atoms with van der Waals surface area (Å²) in [6.07, 6.45) is 0. The minimum Gasteiger partial charge on any atom is -0.454 e. The molecule has 3 aromatic carbocycles. The SMILES string of the molecule is Cc1ccc2c(c1)NC(=O)c1cc(-c3cccc(S(N)(=O)=O)c3)ccc1O2. The van der Waals surface area contributed by atoms with Crippen molar-refractivity contribution in [2.75, 3.05) is 5.32 Å². The van der Waals surface area contributed by atoms with E-state index in [1.165, 1.54) is 12.1 Å². The third kappa shape index (κ3) is 3.30. The molecule has 0 atom stereocenters. The summed E-state index contributed by atoms with van der Waals surface area (Å²) in [4.78, 5) is 12.7. The summed E-state index contributed by atoms with van der Waals surface area (Å²) in [5.74, 6) is 0.705. The molecule has 0 saturated heterocycles. The van der Waals surface area contributed by atoms with Crippen molar-refractivity contribution < 1.29 is 17.9 Å². The first-order valence-corrected chi connectivity index (χ1v) is 9.73. The van der Waals surface area contributed by atoms with Gasteiger partial charge in [0, 0.05) is 0 Å². The Balaban J connectivity index is 1.79. The fourth-order valence-corrected chi connectivity index (χ4v) is 3.53. The number of nitrogens with two attached hydrogens (primary N) is 1. The molecule has 3 aromatic rings. The molecule has 136 valence electrons. The van der Waals surface area contributed by atoms with Crippen LogP contribution in [0.3, 0.4) is 0 Å². The summed E-state index contributed by atoms with van der Waals surface area (Å²) in [7, 11) is -3.81.